The molecule has 0 aromatic heterocycles. The van der Waals surface area contributed by atoms with E-state index in [1.807, 2.05) is 30.0 Å². The van der Waals surface area contributed by atoms with Crippen LogP contribution in [0, 0.1) is 0 Å². The fraction of sp³-hybridized carbons (Fsp3) is 0.562. The Bertz CT molecular complexity index is 478. The minimum Gasteiger partial charge on any atom is -0.494 e. The molecule has 116 valence electrons. The standard InChI is InChI=1S/C16H24N2O3/c1-3-21-15-7-5-4-6-14(15)11-17-8-9-18(12-16(19)20)13(2)10-17/h4-7,13H,3,8-12H2,1-2H3,(H,19,20). The zero-order chi connectivity index (χ0) is 15.2. The Morgan fingerprint density at radius 3 is 2.81 bits per heavy atom. The molecule has 2 rings (SSSR count). The molecule has 21 heavy (non-hydrogen) atoms. The average molecular weight is 292 g/mol. The summed E-state index contributed by atoms with van der Waals surface area (Å²) in [5.41, 5.74) is 1.19. The fourth-order valence-corrected chi connectivity index (χ4v) is 2.79. The van der Waals surface area contributed by atoms with E-state index in [1.54, 1.807) is 0 Å². The largest absolute Gasteiger partial charge is 0.494 e. The summed E-state index contributed by atoms with van der Waals surface area (Å²) < 4.78 is 5.66. The smallest absolute Gasteiger partial charge is 0.317 e. The molecule has 1 aliphatic rings. The quantitative estimate of drug-likeness (QED) is 0.864. The first kappa shape index (κ1) is 15.8. The van der Waals surface area contributed by atoms with Gasteiger partial charge >= 0.3 is 5.97 Å². The predicted octanol–water partition coefficient (Wildman–Crippen LogP) is 1.68. The van der Waals surface area contributed by atoms with Gasteiger partial charge < -0.3 is 9.84 Å². The molecule has 0 aliphatic carbocycles. The molecule has 1 saturated heterocycles. The number of benzene rings is 1. The second kappa shape index (κ2) is 7.43. The molecule has 0 saturated carbocycles. The lowest BCUT2D eigenvalue weighted by Crippen LogP contribution is -2.52. The molecular weight excluding hydrogens is 268 g/mol. The van der Waals surface area contributed by atoms with Crippen LogP contribution in [0.4, 0.5) is 0 Å². The van der Waals surface area contributed by atoms with Crippen molar-refractivity contribution in [2.24, 2.45) is 0 Å². The monoisotopic (exact) mass is 292 g/mol. The first-order valence-electron chi connectivity index (χ1n) is 7.49. The van der Waals surface area contributed by atoms with Crippen LogP contribution in [0.2, 0.25) is 0 Å². The van der Waals surface area contributed by atoms with Gasteiger partial charge in [-0.1, -0.05) is 18.2 Å². The summed E-state index contributed by atoms with van der Waals surface area (Å²) >= 11 is 0. The third kappa shape index (κ3) is 4.44. The second-order valence-electron chi connectivity index (χ2n) is 5.49. The van der Waals surface area contributed by atoms with Gasteiger partial charge in [0, 0.05) is 37.8 Å². The lowest BCUT2D eigenvalue weighted by atomic mass is 10.1. The van der Waals surface area contributed by atoms with Crippen LogP contribution >= 0.6 is 0 Å². The van der Waals surface area contributed by atoms with Crippen LogP contribution in [0.15, 0.2) is 24.3 Å². The van der Waals surface area contributed by atoms with Crippen LogP contribution in [0.5, 0.6) is 5.75 Å². The minimum absolute atomic E-state index is 0.130. The number of piperazine rings is 1. The highest BCUT2D eigenvalue weighted by molar-refractivity contribution is 5.69. The van der Waals surface area contributed by atoms with Gasteiger partial charge in [0.05, 0.1) is 13.2 Å². The van der Waals surface area contributed by atoms with E-state index < -0.39 is 5.97 Å². The number of para-hydroxylation sites is 1. The molecule has 1 atom stereocenters. The van der Waals surface area contributed by atoms with Gasteiger partial charge in [-0.05, 0) is 19.9 Å². The molecule has 0 radical (unpaired) electrons. The Morgan fingerprint density at radius 1 is 1.38 bits per heavy atom. The highest BCUT2D eigenvalue weighted by Crippen LogP contribution is 2.21. The number of nitrogens with zero attached hydrogens (tertiary/aromatic N) is 2. The topological polar surface area (TPSA) is 53.0 Å². The Labute approximate surface area is 126 Å². The van der Waals surface area contributed by atoms with Crippen LogP contribution in [-0.4, -0.2) is 59.7 Å². The van der Waals surface area contributed by atoms with E-state index in [4.69, 9.17) is 9.84 Å². The molecule has 1 aliphatic heterocycles. The molecule has 1 aromatic carbocycles. The Hall–Kier alpha value is -1.59. The van der Waals surface area contributed by atoms with Crippen LogP contribution in [0.3, 0.4) is 0 Å². The number of carboxylic acids is 1. The van der Waals surface area contributed by atoms with Gasteiger partial charge in [0.25, 0.3) is 0 Å². The Kier molecular flexibility index (Phi) is 5.59. The van der Waals surface area contributed by atoms with Gasteiger partial charge in [0.2, 0.25) is 0 Å². The lowest BCUT2D eigenvalue weighted by Gasteiger charge is -2.39. The Balaban J connectivity index is 1.95. The molecule has 1 fully saturated rings. The third-order valence-corrected chi connectivity index (χ3v) is 3.85. The molecule has 1 aromatic rings. The van der Waals surface area contributed by atoms with Crippen molar-refractivity contribution in [1.82, 2.24) is 9.80 Å². The van der Waals surface area contributed by atoms with Gasteiger partial charge in [-0.2, -0.15) is 0 Å². The summed E-state index contributed by atoms with van der Waals surface area (Å²) in [5.74, 6) is 0.192. The summed E-state index contributed by atoms with van der Waals surface area (Å²) in [6.07, 6.45) is 0. The van der Waals surface area contributed by atoms with Gasteiger partial charge in [-0.25, -0.2) is 0 Å². The first-order valence-corrected chi connectivity index (χ1v) is 7.49. The van der Waals surface area contributed by atoms with Crippen molar-refractivity contribution in [3.05, 3.63) is 29.8 Å². The predicted molar refractivity (Wildman–Crippen MR) is 81.6 cm³/mol. The van der Waals surface area contributed by atoms with Crippen LogP contribution in [0.25, 0.3) is 0 Å². The number of ether oxygens (including phenoxy) is 1. The molecule has 0 amide bonds. The van der Waals surface area contributed by atoms with Crippen molar-refractivity contribution in [2.45, 2.75) is 26.4 Å². The van der Waals surface area contributed by atoms with Gasteiger partial charge in [-0.3, -0.25) is 14.6 Å². The van der Waals surface area contributed by atoms with E-state index in [0.717, 1.165) is 31.9 Å². The normalized spacial score (nSPS) is 20.4. The molecule has 5 nitrogen and oxygen atoms in total. The summed E-state index contributed by atoms with van der Waals surface area (Å²) in [6.45, 7) is 8.29. The molecule has 1 N–H and O–H groups in total. The summed E-state index contributed by atoms with van der Waals surface area (Å²) in [4.78, 5) is 15.2. The highest BCUT2D eigenvalue weighted by atomic mass is 16.5. The van der Waals surface area contributed by atoms with E-state index in [-0.39, 0.29) is 12.6 Å². The maximum absolute atomic E-state index is 10.8. The number of aliphatic carboxylic acids is 1. The van der Waals surface area contributed by atoms with Crippen LogP contribution in [0.1, 0.15) is 19.4 Å². The van der Waals surface area contributed by atoms with Gasteiger partial charge in [-0.15, -0.1) is 0 Å². The van der Waals surface area contributed by atoms with Crippen molar-refractivity contribution in [2.75, 3.05) is 32.8 Å². The molecule has 0 spiro atoms. The van der Waals surface area contributed by atoms with E-state index in [1.165, 1.54) is 5.56 Å². The molecular formula is C16H24N2O3. The Morgan fingerprint density at radius 2 is 2.14 bits per heavy atom. The van der Waals surface area contributed by atoms with Crippen molar-refractivity contribution >= 4 is 5.97 Å². The maximum atomic E-state index is 10.8. The van der Waals surface area contributed by atoms with E-state index >= 15 is 0 Å². The number of hydrogen-bond acceptors (Lipinski definition) is 4. The second-order valence-corrected chi connectivity index (χ2v) is 5.49. The fourth-order valence-electron chi connectivity index (χ4n) is 2.79. The van der Waals surface area contributed by atoms with E-state index in [0.29, 0.717) is 6.61 Å². The number of carbonyl (C=O) groups is 1. The van der Waals surface area contributed by atoms with Gasteiger partial charge in [0.1, 0.15) is 5.75 Å². The minimum atomic E-state index is -0.753. The van der Waals surface area contributed by atoms with E-state index in [9.17, 15) is 4.79 Å². The maximum Gasteiger partial charge on any atom is 0.317 e. The third-order valence-electron chi connectivity index (χ3n) is 3.85. The molecule has 0 bridgehead atoms. The average Bonchev–Trinajstić information content (AvgIpc) is 2.44. The van der Waals surface area contributed by atoms with Gasteiger partial charge in [0.15, 0.2) is 0 Å². The lowest BCUT2D eigenvalue weighted by molar-refractivity contribution is -0.139. The summed E-state index contributed by atoms with van der Waals surface area (Å²) in [5, 5.41) is 8.91. The summed E-state index contributed by atoms with van der Waals surface area (Å²) in [7, 11) is 0. The van der Waals surface area contributed by atoms with Crippen molar-refractivity contribution in [3.63, 3.8) is 0 Å². The number of rotatable bonds is 6. The first-order chi connectivity index (χ1) is 10.1. The van der Waals surface area contributed by atoms with Crippen molar-refractivity contribution in [1.29, 1.82) is 0 Å². The number of carboxylic acid groups (broad SMARTS) is 1. The highest BCUT2D eigenvalue weighted by Gasteiger charge is 2.25. The van der Waals surface area contributed by atoms with Crippen molar-refractivity contribution < 1.29 is 14.6 Å². The van der Waals surface area contributed by atoms with Crippen LogP contribution in [-0.2, 0) is 11.3 Å². The summed E-state index contributed by atoms with van der Waals surface area (Å²) in [6, 6.07) is 8.38. The van der Waals surface area contributed by atoms with E-state index in [2.05, 4.69) is 17.9 Å². The molecule has 1 heterocycles. The van der Waals surface area contributed by atoms with Crippen LogP contribution < -0.4 is 4.74 Å². The SMILES string of the molecule is CCOc1ccccc1CN1CCN(CC(=O)O)C(C)C1. The zero-order valence-corrected chi connectivity index (χ0v) is 12.8. The molecule has 5 heteroatoms. The van der Waals surface area contributed by atoms with Crippen molar-refractivity contribution in [3.8, 4) is 5.75 Å². The number of hydrogen-bond donors (Lipinski definition) is 1. The zero-order valence-electron chi connectivity index (χ0n) is 12.8. The molecule has 1 unspecified atom stereocenters.